The summed E-state index contributed by atoms with van der Waals surface area (Å²) < 4.78 is 5.36. The van der Waals surface area contributed by atoms with Crippen molar-refractivity contribution in [2.45, 2.75) is 39.5 Å². The minimum atomic E-state index is 0.225. The van der Waals surface area contributed by atoms with Crippen LogP contribution in [0.3, 0.4) is 0 Å². The molecule has 0 atom stereocenters. The Balaban J connectivity index is 1.44. The molecular formula is C22H33N5O2S. The summed E-state index contributed by atoms with van der Waals surface area (Å²) in [6, 6.07) is 2.27. The number of morpholine rings is 1. The summed E-state index contributed by atoms with van der Waals surface area (Å²) in [6.07, 6.45) is 4.24. The summed E-state index contributed by atoms with van der Waals surface area (Å²) in [7, 11) is 0. The Morgan fingerprint density at radius 3 is 2.57 bits per heavy atom. The molecule has 0 N–H and O–H groups in total. The highest BCUT2D eigenvalue weighted by Gasteiger charge is 2.25. The quantitative estimate of drug-likeness (QED) is 0.672. The van der Waals surface area contributed by atoms with Gasteiger partial charge in [0, 0.05) is 50.6 Å². The van der Waals surface area contributed by atoms with Crippen LogP contribution in [0, 0.1) is 0 Å². The molecule has 0 aliphatic carbocycles. The maximum Gasteiger partial charge on any atom is 0.236 e. The summed E-state index contributed by atoms with van der Waals surface area (Å²) in [6.45, 7) is 11.2. The maximum absolute atomic E-state index is 12.6. The standard InChI is InChI=1S/C22H33N5O2S/c1-3-5-6-19-23-21(18-15-17(4-2)30-22(18)24-19)27-9-7-25(8-10-27)16-20(28)26-11-13-29-14-12-26/h15H,3-14,16H2,1-2H3. The van der Waals surface area contributed by atoms with E-state index in [9.17, 15) is 4.79 Å². The third-order valence-electron chi connectivity index (χ3n) is 5.97. The van der Waals surface area contributed by atoms with Crippen LogP contribution in [0.25, 0.3) is 10.2 Å². The molecule has 164 valence electrons. The minimum absolute atomic E-state index is 0.225. The Morgan fingerprint density at radius 1 is 1.10 bits per heavy atom. The first-order chi connectivity index (χ1) is 14.7. The fourth-order valence-corrected chi connectivity index (χ4v) is 5.06. The summed E-state index contributed by atoms with van der Waals surface area (Å²) in [5.41, 5.74) is 0. The number of fused-ring (bicyclic) bond motifs is 1. The van der Waals surface area contributed by atoms with Crippen molar-refractivity contribution in [1.29, 1.82) is 0 Å². The molecule has 2 saturated heterocycles. The molecule has 4 rings (SSSR count). The van der Waals surface area contributed by atoms with E-state index in [0.717, 1.165) is 81.4 Å². The second-order valence-electron chi connectivity index (χ2n) is 8.11. The SMILES string of the molecule is CCCCc1nc(N2CCN(CC(=O)N3CCOCC3)CC2)c2cc(CC)sc2n1. The Kier molecular flexibility index (Phi) is 7.17. The van der Waals surface area contributed by atoms with E-state index >= 15 is 0 Å². The maximum atomic E-state index is 12.6. The van der Waals surface area contributed by atoms with Crippen LogP contribution in [0.15, 0.2) is 6.07 Å². The molecule has 0 aromatic carbocycles. The van der Waals surface area contributed by atoms with Gasteiger partial charge in [0.05, 0.1) is 25.1 Å². The van der Waals surface area contributed by atoms with Crippen molar-refractivity contribution in [1.82, 2.24) is 19.8 Å². The molecule has 1 amide bonds. The molecule has 30 heavy (non-hydrogen) atoms. The molecule has 7 nitrogen and oxygen atoms in total. The van der Waals surface area contributed by atoms with Gasteiger partial charge in [-0.1, -0.05) is 20.3 Å². The van der Waals surface area contributed by atoms with Crippen molar-refractivity contribution in [3.05, 3.63) is 16.8 Å². The van der Waals surface area contributed by atoms with Crippen LogP contribution < -0.4 is 4.90 Å². The van der Waals surface area contributed by atoms with E-state index < -0.39 is 0 Å². The molecule has 2 fully saturated rings. The smallest absolute Gasteiger partial charge is 0.236 e. The summed E-state index contributed by atoms with van der Waals surface area (Å²) in [5.74, 6) is 2.28. The number of ether oxygens (including phenoxy) is 1. The van der Waals surface area contributed by atoms with Crippen LogP contribution >= 0.6 is 11.3 Å². The van der Waals surface area contributed by atoms with E-state index in [-0.39, 0.29) is 5.91 Å². The van der Waals surface area contributed by atoms with Gasteiger partial charge in [-0.2, -0.15) is 0 Å². The fourth-order valence-electron chi connectivity index (χ4n) is 4.08. The Hall–Kier alpha value is -1.77. The van der Waals surface area contributed by atoms with E-state index in [2.05, 4.69) is 29.7 Å². The summed E-state index contributed by atoms with van der Waals surface area (Å²) in [5, 5.41) is 1.19. The Morgan fingerprint density at radius 2 is 1.87 bits per heavy atom. The molecule has 0 radical (unpaired) electrons. The number of aryl methyl sites for hydroxylation is 2. The molecular weight excluding hydrogens is 398 g/mol. The summed E-state index contributed by atoms with van der Waals surface area (Å²) in [4.78, 5) is 31.5. The van der Waals surface area contributed by atoms with Crippen LogP contribution in [0.4, 0.5) is 5.82 Å². The van der Waals surface area contributed by atoms with E-state index in [1.165, 1.54) is 10.3 Å². The zero-order chi connectivity index (χ0) is 20.9. The van der Waals surface area contributed by atoms with E-state index in [4.69, 9.17) is 14.7 Å². The van der Waals surface area contributed by atoms with Gasteiger partial charge >= 0.3 is 0 Å². The van der Waals surface area contributed by atoms with E-state index in [1.54, 1.807) is 11.3 Å². The number of carbonyl (C=O) groups is 1. The van der Waals surface area contributed by atoms with Gasteiger partial charge in [0.25, 0.3) is 0 Å². The number of hydrogen-bond acceptors (Lipinski definition) is 7. The molecule has 4 heterocycles. The average Bonchev–Trinajstić information content (AvgIpc) is 3.21. The normalized spacial score (nSPS) is 18.3. The van der Waals surface area contributed by atoms with Crippen LogP contribution in [-0.4, -0.2) is 84.7 Å². The highest BCUT2D eigenvalue weighted by molar-refractivity contribution is 7.18. The molecule has 2 aromatic heterocycles. The second-order valence-corrected chi connectivity index (χ2v) is 9.22. The van der Waals surface area contributed by atoms with Crippen LogP contribution in [0.5, 0.6) is 0 Å². The Labute approximate surface area is 183 Å². The number of piperazine rings is 1. The highest BCUT2D eigenvalue weighted by Crippen LogP contribution is 2.32. The predicted molar refractivity (Wildman–Crippen MR) is 121 cm³/mol. The van der Waals surface area contributed by atoms with Crippen molar-refractivity contribution in [2.24, 2.45) is 0 Å². The van der Waals surface area contributed by atoms with Crippen molar-refractivity contribution >= 4 is 33.3 Å². The molecule has 0 saturated carbocycles. The first-order valence-corrected chi connectivity index (χ1v) is 12.1. The number of nitrogens with zero attached hydrogens (tertiary/aromatic N) is 5. The molecule has 0 unspecified atom stereocenters. The third kappa shape index (κ3) is 4.92. The van der Waals surface area contributed by atoms with Crippen LogP contribution in [-0.2, 0) is 22.4 Å². The highest BCUT2D eigenvalue weighted by atomic mass is 32.1. The lowest BCUT2D eigenvalue weighted by molar-refractivity contribution is -0.136. The van der Waals surface area contributed by atoms with Crippen molar-refractivity contribution in [2.75, 3.05) is 63.9 Å². The van der Waals surface area contributed by atoms with Gasteiger partial charge in [0.15, 0.2) is 0 Å². The van der Waals surface area contributed by atoms with Crippen LogP contribution in [0.2, 0.25) is 0 Å². The zero-order valence-corrected chi connectivity index (χ0v) is 19.0. The Bertz CT molecular complexity index is 857. The topological polar surface area (TPSA) is 61.8 Å². The average molecular weight is 432 g/mol. The van der Waals surface area contributed by atoms with Gasteiger partial charge in [-0.05, 0) is 18.9 Å². The lowest BCUT2D eigenvalue weighted by atomic mass is 10.2. The van der Waals surface area contributed by atoms with Gasteiger partial charge in [-0.3, -0.25) is 9.69 Å². The van der Waals surface area contributed by atoms with Gasteiger partial charge < -0.3 is 14.5 Å². The zero-order valence-electron chi connectivity index (χ0n) is 18.2. The minimum Gasteiger partial charge on any atom is -0.378 e. The molecule has 8 heteroatoms. The van der Waals surface area contributed by atoms with Gasteiger partial charge in [-0.15, -0.1) is 11.3 Å². The predicted octanol–water partition coefficient (Wildman–Crippen LogP) is 2.58. The number of thiophene rings is 1. The molecule has 2 aliphatic heterocycles. The van der Waals surface area contributed by atoms with Gasteiger partial charge in [0.2, 0.25) is 5.91 Å². The molecule has 2 aliphatic rings. The molecule has 2 aromatic rings. The number of carbonyl (C=O) groups excluding carboxylic acids is 1. The van der Waals surface area contributed by atoms with E-state index in [0.29, 0.717) is 19.8 Å². The number of amides is 1. The third-order valence-corrected chi connectivity index (χ3v) is 7.14. The number of aromatic nitrogens is 2. The number of hydrogen-bond donors (Lipinski definition) is 0. The lowest BCUT2D eigenvalue weighted by Crippen LogP contribution is -2.51. The van der Waals surface area contributed by atoms with Crippen molar-refractivity contribution in [3.63, 3.8) is 0 Å². The van der Waals surface area contributed by atoms with Crippen molar-refractivity contribution in [3.8, 4) is 0 Å². The summed E-state index contributed by atoms with van der Waals surface area (Å²) >= 11 is 1.80. The largest absolute Gasteiger partial charge is 0.378 e. The number of unbranched alkanes of at least 4 members (excludes halogenated alkanes) is 1. The number of rotatable bonds is 7. The fraction of sp³-hybridized carbons (Fsp3) is 0.682. The van der Waals surface area contributed by atoms with Crippen molar-refractivity contribution < 1.29 is 9.53 Å². The number of anilines is 1. The van der Waals surface area contributed by atoms with Gasteiger partial charge in [-0.25, -0.2) is 9.97 Å². The second kappa shape index (κ2) is 10.0. The molecule has 0 spiro atoms. The van der Waals surface area contributed by atoms with E-state index in [1.807, 2.05) is 4.90 Å². The van der Waals surface area contributed by atoms with Crippen LogP contribution in [0.1, 0.15) is 37.4 Å². The first-order valence-electron chi connectivity index (χ1n) is 11.3. The monoisotopic (exact) mass is 431 g/mol. The molecule has 0 bridgehead atoms. The lowest BCUT2D eigenvalue weighted by Gasteiger charge is -2.36. The first kappa shape index (κ1) is 21.5. The van der Waals surface area contributed by atoms with Gasteiger partial charge in [0.1, 0.15) is 16.5 Å².